The van der Waals surface area contributed by atoms with Crippen LogP contribution < -0.4 is 10.5 Å². The molecule has 186 valence electrons. The highest BCUT2D eigenvalue weighted by atomic mass is 32.2. The van der Waals surface area contributed by atoms with Gasteiger partial charge in [0, 0.05) is 42.2 Å². The van der Waals surface area contributed by atoms with Crippen molar-refractivity contribution in [2.75, 3.05) is 44.0 Å². The third-order valence-electron chi connectivity index (χ3n) is 6.41. The minimum atomic E-state index is -2.97. The molecule has 1 aliphatic rings. The van der Waals surface area contributed by atoms with Gasteiger partial charge >= 0.3 is 0 Å². The molecule has 0 radical (unpaired) electrons. The molecular formula is C24H29N5O4S2. The van der Waals surface area contributed by atoms with Crippen LogP contribution in [-0.2, 0) is 27.7 Å². The van der Waals surface area contributed by atoms with Crippen molar-refractivity contribution >= 4 is 42.6 Å². The van der Waals surface area contributed by atoms with E-state index in [9.17, 15) is 8.42 Å². The van der Waals surface area contributed by atoms with Crippen LogP contribution in [0.2, 0.25) is 0 Å². The van der Waals surface area contributed by atoms with Gasteiger partial charge in [0.2, 0.25) is 0 Å². The van der Waals surface area contributed by atoms with E-state index in [1.807, 2.05) is 17.5 Å². The quantitative estimate of drug-likeness (QED) is 0.399. The summed E-state index contributed by atoms with van der Waals surface area (Å²) in [6.45, 7) is 6.48. The highest BCUT2D eigenvalue weighted by molar-refractivity contribution is 7.91. The van der Waals surface area contributed by atoms with Gasteiger partial charge in [0.05, 0.1) is 35.6 Å². The lowest BCUT2D eigenvalue weighted by molar-refractivity contribution is 0.133. The summed E-state index contributed by atoms with van der Waals surface area (Å²) in [5, 5.41) is 5.66. The highest BCUT2D eigenvalue weighted by Crippen LogP contribution is 2.44. The van der Waals surface area contributed by atoms with Gasteiger partial charge in [0.1, 0.15) is 17.6 Å². The first-order valence-electron chi connectivity index (χ1n) is 11.5. The van der Waals surface area contributed by atoms with E-state index in [2.05, 4.69) is 34.0 Å². The van der Waals surface area contributed by atoms with Crippen LogP contribution in [0.1, 0.15) is 23.7 Å². The summed E-state index contributed by atoms with van der Waals surface area (Å²) in [7, 11) is -1.29. The summed E-state index contributed by atoms with van der Waals surface area (Å²) in [4.78, 5) is 7.47. The summed E-state index contributed by atoms with van der Waals surface area (Å²) in [6.07, 6.45) is 1.46. The molecule has 0 amide bonds. The molecule has 0 atom stereocenters. The Morgan fingerprint density at radius 1 is 1.20 bits per heavy atom. The number of aryl methyl sites for hydroxylation is 1. The molecule has 0 spiro atoms. The van der Waals surface area contributed by atoms with E-state index in [-0.39, 0.29) is 11.5 Å². The van der Waals surface area contributed by atoms with Gasteiger partial charge in [-0.2, -0.15) is 5.10 Å². The van der Waals surface area contributed by atoms with Crippen LogP contribution >= 0.6 is 11.3 Å². The second-order valence-corrected chi connectivity index (χ2v) is 12.1. The monoisotopic (exact) mass is 515 g/mol. The molecule has 4 heterocycles. The maximum atomic E-state index is 12.0. The number of aromatic nitrogens is 3. The third-order valence-corrected chi connectivity index (χ3v) is 9.21. The molecule has 1 aliphatic heterocycles. The van der Waals surface area contributed by atoms with Gasteiger partial charge in [-0.25, -0.2) is 17.9 Å². The smallest absolute Gasteiger partial charge is 0.152 e. The van der Waals surface area contributed by atoms with Crippen molar-refractivity contribution in [3.8, 4) is 16.2 Å². The molecule has 5 rings (SSSR count). The number of benzene rings is 1. The number of methoxy groups -OCH3 is 1. The predicted molar refractivity (Wildman–Crippen MR) is 139 cm³/mol. The topological polar surface area (TPSA) is 112 Å². The van der Waals surface area contributed by atoms with Crippen molar-refractivity contribution in [2.24, 2.45) is 0 Å². The molecule has 11 heteroatoms. The third kappa shape index (κ3) is 4.49. The summed E-state index contributed by atoms with van der Waals surface area (Å²) >= 11 is 1.64. The number of thiophene rings is 1. The second-order valence-electron chi connectivity index (χ2n) is 8.77. The standard InChI is InChI=1S/C24H29N5O4S2/c1-4-33-13-17-18(12-28-5-7-35(30,31)8-6-28)29-22(24(25)26-14-27-29)21(17)20-11-16-9-15(2)10-19(32-3)23(16)34-20/h9-11,14H,4-8,12-13H2,1-3H3,(H2,25,26,27). The number of rotatable bonds is 7. The van der Waals surface area contributed by atoms with E-state index >= 15 is 0 Å². The molecule has 1 fully saturated rings. The van der Waals surface area contributed by atoms with E-state index in [0.29, 0.717) is 38.7 Å². The molecule has 2 N–H and O–H groups in total. The zero-order valence-corrected chi connectivity index (χ0v) is 21.7. The Labute approximate surface area is 208 Å². The molecule has 4 aromatic rings. The van der Waals surface area contributed by atoms with Gasteiger partial charge in [-0.1, -0.05) is 6.07 Å². The summed E-state index contributed by atoms with van der Waals surface area (Å²) < 4.78 is 38.4. The average Bonchev–Trinajstić information content (AvgIpc) is 3.38. The summed E-state index contributed by atoms with van der Waals surface area (Å²) in [5.74, 6) is 1.55. The van der Waals surface area contributed by atoms with Crippen molar-refractivity contribution in [2.45, 2.75) is 27.0 Å². The van der Waals surface area contributed by atoms with Crippen LogP contribution in [0.15, 0.2) is 24.5 Å². The maximum Gasteiger partial charge on any atom is 0.152 e. The maximum absolute atomic E-state index is 12.0. The zero-order valence-electron chi connectivity index (χ0n) is 20.1. The molecule has 1 aromatic carbocycles. The van der Waals surface area contributed by atoms with E-state index in [4.69, 9.17) is 15.2 Å². The zero-order chi connectivity index (χ0) is 24.7. The number of anilines is 1. The predicted octanol–water partition coefficient (Wildman–Crippen LogP) is 3.28. The van der Waals surface area contributed by atoms with Crippen LogP contribution in [-0.4, -0.2) is 66.2 Å². The fraction of sp³-hybridized carbons (Fsp3) is 0.417. The van der Waals surface area contributed by atoms with Crippen molar-refractivity contribution in [3.05, 3.63) is 41.3 Å². The largest absolute Gasteiger partial charge is 0.495 e. The second kappa shape index (κ2) is 9.38. The number of hydrogen-bond acceptors (Lipinski definition) is 9. The summed E-state index contributed by atoms with van der Waals surface area (Å²) in [5.41, 5.74) is 11.2. The van der Waals surface area contributed by atoms with E-state index in [1.54, 1.807) is 18.4 Å². The van der Waals surface area contributed by atoms with Crippen molar-refractivity contribution < 1.29 is 17.9 Å². The van der Waals surface area contributed by atoms with E-state index in [0.717, 1.165) is 48.6 Å². The Morgan fingerprint density at radius 3 is 2.69 bits per heavy atom. The van der Waals surface area contributed by atoms with Crippen LogP contribution in [0, 0.1) is 6.92 Å². The lowest BCUT2D eigenvalue weighted by Gasteiger charge is -2.26. The Hall–Kier alpha value is -2.73. The Kier molecular flexibility index (Phi) is 6.43. The van der Waals surface area contributed by atoms with Gasteiger partial charge in [0.25, 0.3) is 0 Å². The minimum absolute atomic E-state index is 0.163. The van der Waals surface area contributed by atoms with Gasteiger partial charge in [-0.3, -0.25) is 4.90 Å². The molecule has 35 heavy (non-hydrogen) atoms. The Morgan fingerprint density at radius 2 is 1.97 bits per heavy atom. The number of ether oxygens (including phenoxy) is 2. The minimum Gasteiger partial charge on any atom is -0.495 e. The first-order chi connectivity index (χ1) is 16.8. The molecule has 1 saturated heterocycles. The van der Waals surface area contributed by atoms with E-state index in [1.165, 1.54) is 6.33 Å². The molecule has 0 aliphatic carbocycles. The molecule has 3 aromatic heterocycles. The number of sulfone groups is 1. The Balaban J connectivity index is 1.71. The number of nitrogens with two attached hydrogens (primary N) is 1. The first-order valence-corrected chi connectivity index (χ1v) is 14.2. The van der Waals surface area contributed by atoms with Crippen LogP contribution in [0.4, 0.5) is 5.82 Å². The molecule has 9 nitrogen and oxygen atoms in total. The first kappa shape index (κ1) is 24.0. The SMILES string of the molecule is CCOCc1c(-c2cc3cc(C)cc(OC)c3s2)c2c(N)ncnn2c1CN1CCS(=O)(=O)CC1. The van der Waals surface area contributed by atoms with E-state index < -0.39 is 9.84 Å². The van der Waals surface area contributed by atoms with Gasteiger partial charge < -0.3 is 15.2 Å². The fourth-order valence-electron chi connectivity index (χ4n) is 4.67. The summed E-state index contributed by atoms with van der Waals surface area (Å²) in [6, 6.07) is 6.34. The normalized spacial score (nSPS) is 16.3. The number of nitrogens with zero attached hydrogens (tertiary/aromatic N) is 4. The number of hydrogen-bond donors (Lipinski definition) is 1. The van der Waals surface area contributed by atoms with Crippen molar-refractivity contribution in [1.82, 2.24) is 19.5 Å². The Bertz CT molecular complexity index is 1500. The molecular weight excluding hydrogens is 486 g/mol. The van der Waals surface area contributed by atoms with Crippen LogP contribution in [0.25, 0.3) is 26.0 Å². The molecule has 0 saturated carbocycles. The van der Waals surface area contributed by atoms with Crippen molar-refractivity contribution in [1.29, 1.82) is 0 Å². The van der Waals surface area contributed by atoms with Crippen LogP contribution in [0.5, 0.6) is 5.75 Å². The highest BCUT2D eigenvalue weighted by Gasteiger charge is 2.28. The molecule has 0 bridgehead atoms. The average molecular weight is 516 g/mol. The van der Waals surface area contributed by atoms with Crippen molar-refractivity contribution in [3.63, 3.8) is 0 Å². The van der Waals surface area contributed by atoms with Gasteiger partial charge in [-0.05, 0) is 36.9 Å². The number of nitrogen functional groups attached to an aromatic ring is 1. The van der Waals surface area contributed by atoms with Gasteiger partial charge in [-0.15, -0.1) is 11.3 Å². The lowest BCUT2D eigenvalue weighted by atomic mass is 10.1. The van der Waals surface area contributed by atoms with Crippen LogP contribution in [0.3, 0.4) is 0 Å². The van der Waals surface area contributed by atoms with Gasteiger partial charge in [0.15, 0.2) is 15.7 Å². The molecule has 0 unspecified atom stereocenters. The number of fused-ring (bicyclic) bond motifs is 2. The lowest BCUT2D eigenvalue weighted by Crippen LogP contribution is -2.40. The fourth-order valence-corrected chi connectivity index (χ4v) is 7.15.